The molecule has 1 saturated heterocycles. The van der Waals surface area contributed by atoms with Gasteiger partial charge in [0.15, 0.2) is 0 Å². The fraction of sp³-hybridized carbons (Fsp3) is 0.381. The van der Waals surface area contributed by atoms with Crippen LogP contribution in [0.2, 0.25) is 5.02 Å². The van der Waals surface area contributed by atoms with Gasteiger partial charge in [0.05, 0.1) is 11.4 Å². The van der Waals surface area contributed by atoms with Crippen LogP contribution in [0, 0.1) is 13.8 Å². The minimum absolute atomic E-state index is 0.101. The molecular weight excluding hydrogens is 410 g/mol. The van der Waals surface area contributed by atoms with Gasteiger partial charge >= 0.3 is 0 Å². The van der Waals surface area contributed by atoms with Crippen molar-refractivity contribution in [3.63, 3.8) is 0 Å². The first-order valence-electron chi connectivity index (χ1n) is 9.57. The van der Waals surface area contributed by atoms with Gasteiger partial charge in [-0.1, -0.05) is 47.5 Å². The molecule has 0 aromatic heterocycles. The largest absolute Gasteiger partial charge is 0.351 e. The number of amides is 1. The van der Waals surface area contributed by atoms with E-state index in [1.165, 1.54) is 4.31 Å². The minimum Gasteiger partial charge on any atom is -0.351 e. The van der Waals surface area contributed by atoms with E-state index < -0.39 is 10.0 Å². The van der Waals surface area contributed by atoms with Crippen LogP contribution in [0.5, 0.6) is 0 Å². The number of carbonyl (C=O) groups is 1. The van der Waals surface area contributed by atoms with Crippen LogP contribution in [0.15, 0.2) is 47.4 Å². The van der Waals surface area contributed by atoms with Crippen LogP contribution in [0.25, 0.3) is 0 Å². The number of sulfonamides is 1. The summed E-state index contributed by atoms with van der Waals surface area (Å²) in [5, 5.41) is 3.49. The van der Waals surface area contributed by atoms with E-state index in [4.69, 9.17) is 11.6 Å². The smallest absolute Gasteiger partial charge is 0.243 e. The number of nitrogens with zero attached hydrogens (tertiary/aromatic N) is 2. The number of halogens is 1. The maximum atomic E-state index is 13.0. The van der Waals surface area contributed by atoms with E-state index in [9.17, 15) is 13.2 Å². The number of hydrogen-bond acceptors (Lipinski definition) is 4. The fourth-order valence-electron chi connectivity index (χ4n) is 3.45. The van der Waals surface area contributed by atoms with Gasteiger partial charge in [0.25, 0.3) is 0 Å². The summed E-state index contributed by atoms with van der Waals surface area (Å²) >= 11 is 6.10. The van der Waals surface area contributed by atoms with Crippen LogP contribution in [0.4, 0.5) is 0 Å². The van der Waals surface area contributed by atoms with E-state index >= 15 is 0 Å². The van der Waals surface area contributed by atoms with Crippen LogP contribution in [0.1, 0.15) is 16.7 Å². The maximum Gasteiger partial charge on any atom is 0.243 e. The molecule has 2 aromatic rings. The highest BCUT2D eigenvalue weighted by Crippen LogP contribution is 2.22. The lowest BCUT2D eigenvalue weighted by Crippen LogP contribution is -2.51. The SMILES string of the molecule is Cc1ccc(S(=O)(=O)N2CCN(CC(=O)NCc3ccccc3Cl)CC2)c(C)c1. The first-order valence-corrected chi connectivity index (χ1v) is 11.4. The molecule has 1 aliphatic rings. The number of carbonyl (C=O) groups excluding carboxylic acids is 1. The molecule has 0 bridgehead atoms. The average molecular weight is 436 g/mol. The molecule has 0 spiro atoms. The lowest BCUT2D eigenvalue weighted by Gasteiger charge is -2.33. The third kappa shape index (κ3) is 5.36. The van der Waals surface area contributed by atoms with Gasteiger partial charge < -0.3 is 5.32 Å². The summed E-state index contributed by atoms with van der Waals surface area (Å²) in [5.41, 5.74) is 2.66. The number of aryl methyl sites for hydroxylation is 2. The highest BCUT2D eigenvalue weighted by molar-refractivity contribution is 7.89. The normalized spacial score (nSPS) is 16.0. The lowest BCUT2D eigenvalue weighted by molar-refractivity contribution is -0.122. The van der Waals surface area contributed by atoms with E-state index in [0.717, 1.165) is 16.7 Å². The number of piperazine rings is 1. The molecule has 0 saturated carbocycles. The summed E-state index contributed by atoms with van der Waals surface area (Å²) in [7, 11) is -3.52. The Bertz CT molecular complexity index is 986. The lowest BCUT2D eigenvalue weighted by atomic mass is 10.2. The number of benzene rings is 2. The molecule has 156 valence electrons. The first kappa shape index (κ1) is 21.8. The topological polar surface area (TPSA) is 69.7 Å². The summed E-state index contributed by atoms with van der Waals surface area (Å²) < 4.78 is 27.4. The summed E-state index contributed by atoms with van der Waals surface area (Å²) in [6.45, 7) is 6.15. The van der Waals surface area contributed by atoms with Gasteiger partial charge in [-0.2, -0.15) is 4.31 Å². The van der Waals surface area contributed by atoms with Crippen molar-refractivity contribution < 1.29 is 13.2 Å². The summed E-state index contributed by atoms with van der Waals surface area (Å²) in [6.07, 6.45) is 0. The fourth-order valence-corrected chi connectivity index (χ4v) is 5.28. The van der Waals surface area contributed by atoms with Gasteiger partial charge in [-0.3, -0.25) is 9.69 Å². The molecule has 1 heterocycles. The Morgan fingerprint density at radius 2 is 1.76 bits per heavy atom. The highest BCUT2D eigenvalue weighted by atomic mass is 35.5. The van der Waals surface area contributed by atoms with Crippen molar-refractivity contribution >= 4 is 27.5 Å². The molecule has 1 aliphatic heterocycles. The second-order valence-corrected chi connectivity index (χ2v) is 9.63. The molecule has 6 nitrogen and oxygen atoms in total. The van der Waals surface area contributed by atoms with Gasteiger partial charge in [0, 0.05) is 37.7 Å². The van der Waals surface area contributed by atoms with Crippen molar-refractivity contribution in [1.82, 2.24) is 14.5 Å². The van der Waals surface area contributed by atoms with Crippen molar-refractivity contribution in [2.24, 2.45) is 0 Å². The zero-order valence-electron chi connectivity index (χ0n) is 16.7. The van der Waals surface area contributed by atoms with E-state index in [-0.39, 0.29) is 12.5 Å². The minimum atomic E-state index is -3.52. The highest BCUT2D eigenvalue weighted by Gasteiger charge is 2.30. The van der Waals surface area contributed by atoms with E-state index in [2.05, 4.69) is 5.32 Å². The van der Waals surface area contributed by atoms with E-state index in [1.807, 2.05) is 49.1 Å². The predicted octanol–water partition coefficient (Wildman–Crippen LogP) is 2.58. The Hall–Kier alpha value is -1.93. The van der Waals surface area contributed by atoms with Crippen molar-refractivity contribution in [1.29, 1.82) is 0 Å². The molecule has 0 unspecified atom stereocenters. The van der Waals surface area contributed by atoms with Crippen LogP contribution in [-0.4, -0.2) is 56.3 Å². The Morgan fingerprint density at radius 3 is 2.41 bits per heavy atom. The monoisotopic (exact) mass is 435 g/mol. The predicted molar refractivity (Wildman–Crippen MR) is 114 cm³/mol. The Kier molecular flexibility index (Phi) is 6.95. The molecule has 3 rings (SSSR count). The molecule has 0 aliphatic carbocycles. The molecule has 29 heavy (non-hydrogen) atoms. The quantitative estimate of drug-likeness (QED) is 0.757. The van der Waals surface area contributed by atoms with Crippen LogP contribution in [-0.2, 0) is 21.4 Å². The molecule has 8 heteroatoms. The Labute approximate surface area is 177 Å². The molecule has 1 N–H and O–H groups in total. The van der Waals surface area contributed by atoms with Crippen molar-refractivity contribution in [2.45, 2.75) is 25.3 Å². The van der Waals surface area contributed by atoms with Crippen LogP contribution >= 0.6 is 11.6 Å². The third-order valence-corrected chi connectivity index (χ3v) is 7.51. The zero-order chi connectivity index (χ0) is 21.0. The molecule has 1 amide bonds. The van der Waals surface area contributed by atoms with Gasteiger partial charge in [0.1, 0.15) is 0 Å². The van der Waals surface area contributed by atoms with Crippen LogP contribution < -0.4 is 5.32 Å². The van der Waals surface area contributed by atoms with Gasteiger partial charge in [-0.05, 0) is 37.1 Å². The second-order valence-electron chi connectivity index (χ2n) is 7.32. The van der Waals surface area contributed by atoms with Gasteiger partial charge in [-0.15, -0.1) is 0 Å². The number of hydrogen-bond donors (Lipinski definition) is 1. The standard InChI is InChI=1S/C21H26ClN3O3S/c1-16-7-8-20(17(2)13-16)29(27,28)25-11-9-24(10-12-25)15-21(26)23-14-18-5-3-4-6-19(18)22/h3-8,13H,9-12,14-15H2,1-2H3,(H,23,26). The molecule has 1 fully saturated rings. The zero-order valence-corrected chi connectivity index (χ0v) is 18.3. The Balaban J connectivity index is 1.52. The van der Waals surface area contributed by atoms with Crippen molar-refractivity contribution in [2.75, 3.05) is 32.7 Å². The van der Waals surface area contributed by atoms with Gasteiger partial charge in [0.2, 0.25) is 15.9 Å². The van der Waals surface area contributed by atoms with E-state index in [0.29, 0.717) is 42.6 Å². The first-order chi connectivity index (χ1) is 13.8. The summed E-state index contributed by atoms with van der Waals surface area (Å²) in [6, 6.07) is 12.8. The summed E-state index contributed by atoms with van der Waals surface area (Å²) in [5.74, 6) is -0.101. The van der Waals surface area contributed by atoms with Crippen molar-refractivity contribution in [3.05, 3.63) is 64.2 Å². The molecular formula is C21H26ClN3O3S. The molecule has 2 aromatic carbocycles. The second kappa shape index (κ2) is 9.26. The average Bonchev–Trinajstić information content (AvgIpc) is 2.67. The molecule has 0 radical (unpaired) electrons. The van der Waals surface area contributed by atoms with Crippen LogP contribution in [0.3, 0.4) is 0 Å². The van der Waals surface area contributed by atoms with Gasteiger partial charge in [-0.25, -0.2) is 8.42 Å². The van der Waals surface area contributed by atoms with Crippen molar-refractivity contribution in [3.8, 4) is 0 Å². The summed E-state index contributed by atoms with van der Waals surface area (Å²) in [4.78, 5) is 14.6. The Morgan fingerprint density at radius 1 is 1.07 bits per heavy atom. The third-order valence-electron chi connectivity index (χ3n) is 5.08. The molecule has 0 atom stereocenters. The number of rotatable bonds is 6. The maximum absolute atomic E-state index is 13.0. The number of nitrogens with one attached hydrogen (secondary N) is 1. The van der Waals surface area contributed by atoms with E-state index in [1.54, 1.807) is 12.1 Å².